The second-order valence-corrected chi connectivity index (χ2v) is 10.1. The van der Waals surface area contributed by atoms with Crippen molar-refractivity contribution in [2.24, 2.45) is 0 Å². The van der Waals surface area contributed by atoms with Gasteiger partial charge in [0, 0.05) is 38.1 Å². The quantitative estimate of drug-likeness (QED) is 0.604. The molecule has 29 heavy (non-hydrogen) atoms. The molecule has 2 N–H and O–H groups in total. The smallest absolute Gasteiger partial charge is 0.241 e. The lowest BCUT2D eigenvalue weighted by Gasteiger charge is -2.30. The third kappa shape index (κ3) is 6.52. The van der Waals surface area contributed by atoms with E-state index < -0.39 is 10.0 Å². The number of sulfonamides is 1. The van der Waals surface area contributed by atoms with Gasteiger partial charge in [-0.2, -0.15) is 0 Å². The summed E-state index contributed by atoms with van der Waals surface area (Å²) < 4.78 is 28.3. The van der Waals surface area contributed by atoms with Gasteiger partial charge in [0.15, 0.2) is 0 Å². The molecule has 0 saturated heterocycles. The van der Waals surface area contributed by atoms with Gasteiger partial charge in [0.25, 0.3) is 0 Å². The fraction of sp³-hybridized carbons (Fsp3) is 0.682. The van der Waals surface area contributed by atoms with Gasteiger partial charge in [-0.3, -0.25) is 9.69 Å². The van der Waals surface area contributed by atoms with Gasteiger partial charge in [0.05, 0.1) is 4.90 Å². The molecule has 1 amide bonds. The Morgan fingerprint density at radius 2 is 1.28 bits per heavy atom. The molecule has 0 aliphatic carbocycles. The highest BCUT2D eigenvalue weighted by Crippen LogP contribution is 2.29. The van der Waals surface area contributed by atoms with Crippen molar-refractivity contribution in [3.05, 3.63) is 27.8 Å². The highest BCUT2D eigenvalue weighted by atomic mass is 32.2. The zero-order chi connectivity index (χ0) is 22.5. The van der Waals surface area contributed by atoms with Gasteiger partial charge in [-0.05, 0) is 90.1 Å². The average Bonchev–Trinajstić information content (AvgIpc) is 2.61. The van der Waals surface area contributed by atoms with Crippen LogP contribution in [0.3, 0.4) is 0 Å². The summed E-state index contributed by atoms with van der Waals surface area (Å²) in [5.41, 5.74) is 4.64. The van der Waals surface area contributed by atoms with Crippen LogP contribution in [0.4, 0.5) is 0 Å². The molecular formula is C22H39N3O3S. The van der Waals surface area contributed by atoms with Crippen LogP contribution in [0, 0.1) is 34.6 Å². The van der Waals surface area contributed by atoms with Crippen LogP contribution in [-0.2, 0) is 14.8 Å². The largest absolute Gasteiger partial charge is 0.355 e. The van der Waals surface area contributed by atoms with Gasteiger partial charge < -0.3 is 5.32 Å². The van der Waals surface area contributed by atoms with Crippen molar-refractivity contribution in [1.82, 2.24) is 14.9 Å². The summed E-state index contributed by atoms with van der Waals surface area (Å²) in [5, 5.41) is 2.88. The molecular weight excluding hydrogens is 386 g/mol. The van der Waals surface area contributed by atoms with E-state index in [-0.39, 0.29) is 18.9 Å². The number of carbonyl (C=O) groups is 1. The molecule has 7 heteroatoms. The SMILES string of the molecule is Cc1c(C)c(C)c(S(=O)(=O)NCCC(=O)NCCN(C(C)C)C(C)C)c(C)c1C. The Balaban J connectivity index is 2.67. The average molecular weight is 426 g/mol. The summed E-state index contributed by atoms with van der Waals surface area (Å²) in [5.74, 6) is -0.148. The molecule has 0 unspecified atom stereocenters. The second kappa shape index (κ2) is 10.5. The zero-order valence-electron chi connectivity index (χ0n) is 19.6. The minimum Gasteiger partial charge on any atom is -0.355 e. The van der Waals surface area contributed by atoms with E-state index in [1.807, 2.05) is 34.6 Å². The van der Waals surface area contributed by atoms with Gasteiger partial charge in [0.1, 0.15) is 0 Å². The van der Waals surface area contributed by atoms with Crippen LogP contribution >= 0.6 is 0 Å². The Hall–Kier alpha value is -1.44. The molecule has 0 fully saturated rings. The number of hydrogen-bond donors (Lipinski definition) is 2. The number of hydrogen-bond acceptors (Lipinski definition) is 4. The standard InChI is InChI=1S/C22H39N3O3S/c1-14(2)25(15(3)4)13-12-23-21(26)10-11-24-29(27,28)22-19(8)17(6)16(5)18(7)20(22)9/h14-15,24H,10-13H2,1-9H3,(H,23,26). The first-order valence-corrected chi connectivity index (χ1v) is 11.9. The monoisotopic (exact) mass is 425 g/mol. The van der Waals surface area contributed by atoms with Crippen molar-refractivity contribution >= 4 is 15.9 Å². The number of carbonyl (C=O) groups excluding carboxylic acids is 1. The third-order valence-corrected chi connectivity index (χ3v) is 7.60. The fourth-order valence-corrected chi connectivity index (χ4v) is 5.39. The summed E-state index contributed by atoms with van der Waals surface area (Å²) in [6.07, 6.45) is 0.116. The Morgan fingerprint density at radius 3 is 1.72 bits per heavy atom. The number of amides is 1. The van der Waals surface area contributed by atoms with Crippen molar-refractivity contribution < 1.29 is 13.2 Å². The van der Waals surface area contributed by atoms with Gasteiger partial charge in [0.2, 0.25) is 15.9 Å². The van der Waals surface area contributed by atoms with Crippen LogP contribution in [0.2, 0.25) is 0 Å². The maximum atomic E-state index is 12.9. The Bertz CT molecular complexity index is 793. The van der Waals surface area contributed by atoms with E-state index in [0.717, 1.165) is 34.4 Å². The Labute approximate surface area is 177 Å². The normalized spacial score (nSPS) is 12.3. The Morgan fingerprint density at radius 1 is 0.828 bits per heavy atom. The van der Waals surface area contributed by atoms with Gasteiger partial charge in [-0.1, -0.05) is 0 Å². The topological polar surface area (TPSA) is 78.5 Å². The molecule has 0 atom stereocenters. The molecule has 0 spiro atoms. The van der Waals surface area contributed by atoms with Gasteiger partial charge >= 0.3 is 0 Å². The first kappa shape index (κ1) is 25.6. The molecule has 6 nitrogen and oxygen atoms in total. The van der Waals surface area contributed by atoms with E-state index in [1.165, 1.54) is 0 Å². The predicted molar refractivity (Wildman–Crippen MR) is 120 cm³/mol. The maximum absolute atomic E-state index is 12.9. The molecule has 0 radical (unpaired) electrons. The van der Waals surface area contributed by atoms with Crippen LogP contribution in [0.1, 0.15) is 61.9 Å². The van der Waals surface area contributed by atoms with Crippen molar-refractivity contribution in [2.75, 3.05) is 19.6 Å². The number of rotatable bonds is 10. The molecule has 1 aromatic carbocycles. The zero-order valence-corrected chi connectivity index (χ0v) is 20.4. The van der Waals surface area contributed by atoms with Crippen LogP contribution in [-0.4, -0.2) is 50.9 Å². The van der Waals surface area contributed by atoms with Gasteiger partial charge in [-0.15, -0.1) is 0 Å². The minimum atomic E-state index is -3.67. The van der Waals surface area contributed by atoms with Crippen LogP contribution in [0.5, 0.6) is 0 Å². The van der Waals surface area contributed by atoms with E-state index >= 15 is 0 Å². The molecule has 0 heterocycles. The predicted octanol–water partition coefficient (Wildman–Crippen LogP) is 3.13. The van der Waals surface area contributed by atoms with Crippen LogP contribution in [0.15, 0.2) is 4.90 Å². The molecule has 0 aromatic heterocycles. The summed E-state index contributed by atoms with van der Waals surface area (Å²) >= 11 is 0. The molecule has 1 aromatic rings. The summed E-state index contributed by atoms with van der Waals surface area (Å²) in [6.45, 7) is 19.5. The molecule has 1 rings (SSSR count). The fourth-order valence-electron chi connectivity index (χ4n) is 3.77. The first-order chi connectivity index (χ1) is 13.3. The van der Waals surface area contributed by atoms with E-state index in [2.05, 4.69) is 42.6 Å². The van der Waals surface area contributed by atoms with Crippen molar-refractivity contribution in [1.29, 1.82) is 0 Å². The summed E-state index contributed by atoms with van der Waals surface area (Å²) in [4.78, 5) is 14.7. The van der Waals surface area contributed by atoms with Crippen LogP contribution < -0.4 is 10.0 Å². The third-order valence-electron chi connectivity index (χ3n) is 5.86. The number of nitrogens with one attached hydrogen (secondary N) is 2. The number of nitrogens with zero attached hydrogens (tertiary/aromatic N) is 1. The lowest BCUT2D eigenvalue weighted by molar-refractivity contribution is -0.121. The lowest BCUT2D eigenvalue weighted by Crippen LogP contribution is -2.42. The highest BCUT2D eigenvalue weighted by molar-refractivity contribution is 7.89. The maximum Gasteiger partial charge on any atom is 0.241 e. The molecule has 0 bridgehead atoms. The van der Waals surface area contributed by atoms with E-state index in [1.54, 1.807) is 0 Å². The van der Waals surface area contributed by atoms with Crippen molar-refractivity contribution in [3.63, 3.8) is 0 Å². The minimum absolute atomic E-state index is 0.0805. The van der Waals surface area contributed by atoms with Crippen LogP contribution in [0.25, 0.3) is 0 Å². The van der Waals surface area contributed by atoms with E-state index in [4.69, 9.17) is 0 Å². The van der Waals surface area contributed by atoms with E-state index in [9.17, 15) is 13.2 Å². The molecule has 0 aliphatic rings. The van der Waals surface area contributed by atoms with Gasteiger partial charge in [-0.25, -0.2) is 13.1 Å². The van der Waals surface area contributed by atoms with Crippen molar-refractivity contribution in [3.8, 4) is 0 Å². The molecule has 0 saturated carbocycles. The van der Waals surface area contributed by atoms with E-state index in [0.29, 0.717) is 23.5 Å². The Kier molecular flexibility index (Phi) is 9.31. The molecule has 166 valence electrons. The lowest BCUT2D eigenvalue weighted by atomic mass is 9.95. The van der Waals surface area contributed by atoms with Crippen molar-refractivity contribution in [2.45, 2.75) is 85.7 Å². The second-order valence-electron chi connectivity index (χ2n) is 8.38. The first-order valence-electron chi connectivity index (χ1n) is 10.4. The summed E-state index contributed by atoms with van der Waals surface area (Å²) in [6, 6.07) is 0.818. The highest BCUT2D eigenvalue weighted by Gasteiger charge is 2.23. The molecule has 0 aliphatic heterocycles. The number of benzene rings is 1. The summed E-state index contributed by atoms with van der Waals surface area (Å²) in [7, 11) is -3.67.